The predicted octanol–water partition coefficient (Wildman–Crippen LogP) is 4.11. The quantitative estimate of drug-likeness (QED) is 0.277. The third kappa shape index (κ3) is 5.15. The highest BCUT2D eigenvalue weighted by molar-refractivity contribution is 6.32. The number of piperazine rings is 1. The summed E-state index contributed by atoms with van der Waals surface area (Å²) in [7, 11) is 0. The van der Waals surface area contributed by atoms with Gasteiger partial charge in [-0.1, -0.05) is 54.1 Å². The van der Waals surface area contributed by atoms with Crippen molar-refractivity contribution in [3.05, 3.63) is 95.3 Å². The Labute approximate surface area is 192 Å². The summed E-state index contributed by atoms with van der Waals surface area (Å²) in [5, 5.41) is 3.04. The van der Waals surface area contributed by atoms with Crippen LogP contribution in [0.4, 0.5) is 11.4 Å². The topological polar surface area (TPSA) is 65.5 Å². The third-order valence-corrected chi connectivity index (χ3v) is 5.60. The molecule has 2 aromatic carbocycles. The van der Waals surface area contributed by atoms with Gasteiger partial charge in [0.1, 0.15) is 10.7 Å². The molecule has 1 aliphatic rings. The molecule has 6 nitrogen and oxygen atoms in total. The van der Waals surface area contributed by atoms with E-state index in [1.165, 1.54) is 6.08 Å². The number of carbonyl (C=O) groups excluding carboxylic acids is 2. The van der Waals surface area contributed by atoms with Gasteiger partial charge in [0.25, 0.3) is 11.8 Å². The minimum atomic E-state index is -0.480. The number of rotatable bonds is 5. The van der Waals surface area contributed by atoms with Crippen molar-refractivity contribution in [2.45, 2.75) is 0 Å². The van der Waals surface area contributed by atoms with Crippen LogP contribution in [0.2, 0.25) is 5.15 Å². The largest absolute Gasteiger partial charge is 0.368 e. The normalized spacial score (nSPS) is 14.2. The predicted molar refractivity (Wildman–Crippen MR) is 128 cm³/mol. The molecule has 1 aromatic heterocycles. The van der Waals surface area contributed by atoms with Crippen LogP contribution in [0.3, 0.4) is 0 Å². The molecule has 4 rings (SSSR count). The van der Waals surface area contributed by atoms with E-state index >= 15 is 0 Å². The summed E-state index contributed by atoms with van der Waals surface area (Å²) < 4.78 is 0. The first-order valence-electron chi connectivity index (χ1n) is 10.4. The summed E-state index contributed by atoms with van der Waals surface area (Å²) in [5.74, 6) is -0.808. The number of halogens is 1. The van der Waals surface area contributed by atoms with E-state index in [4.69, 9.17) is 11.6 Å². The van der Waals surface area contributed by atoms with Crippen molar-refractivity contribution in [3.8, 4) is 0 Å². The van der Waals surface area contributed by atoms with Crippen LogP contribution in [0.1, 0.15) is 5.56 Å². The Balaban J connectivity index is 1.55. The maximum atomic E-state index is 13.4. The van der Waals surface area contributed by atoms with Crippen molar-refractivity contribution in [1.29, 1.82) is 0 Å². The highest BCUT2D eigenvalue weighted by atomic mass is 35.5. The Hall–Kier alpha value is -3.64. The summed E-state index contributed by atoms with van der Waals surface area (Å²) in [6.07, 6.45) is 3.08. The van der Waals surface area contributed by atoms with E-state index in [1.54, 1.807) is 35.4 Å². The van der Waals surface area contributed by atoms with E-state index in [2.05, 4.69) is 27.3 Å². The number of anilines is 2. The number of nitrogens with one attached hydrogen (secondary N) is 1. The van der Waals surface area contributed by atoms with Crippen LogP contribution in [0.15, 0.2) is 84.6 Å². The minimum Gasteiger partial charge on any atom is -0.368 e. The van der Waals surface area contributed by atoms with E-state index in [1.807, 2.05) is 36.4 Å². The molecule has 0 atom stereocenters. The third-order valence-electron chi connectivity index (χ3n) is 5.28. The van der Waals surface area contributed by atoms with Gasteiger partial charge in [-0.15, -0.1) is 0 Å². The molecule has 2 amide bonds. The van der Waals surface area contributed by atoms with Crippen LogP contribution in [-0.2, 0) is 9.59 Å². The van der Waals surface area contributed by atoms with Gasteiger partial charge in [0.05, 0.1) is 0 Å². The fourth-order valence-electron chi connectivity index (χ4n) is 3.58. The summed E-state index contributed by atoms with van der Waals surface area (Å²) in [6.45, 7) is 2.42. The van der Waals surface area contributed by atoms with E-state index < -0.39 is 5.91 Å². The highest BCUT2D eigenvalue weighted by Crippen LogP contribution is 2.20. The molecule has 0 spiro atoms. The van der Waals surface area contributed by atoms with Crippen LogP contribution in [-0.4, -0.2) is 47.9 Å². The van der Waals surface area contributed by atoms with Crippen molar-refractivity contribution in [2.24, 2.45) is 0 Å². The second-order valence-corrected chi connectivity index (χ2v) is 7.73. The molecule has 3 aromatic rings. The lowest BCUT2D eigenvalue weighted by Gasteiger charge is -2.36. The minimum absolute atomic E-state index is 0.0249. The van der Waals surface area contributed by atoms with E-state index in [9.17, 15) is 9.59 Å². The van der Waals surface area contributed by atoms with Crippen molar-refractivity contribution >= 4 is 40.9 Å². The molecule has 0 bridgehead atoms. The van der Waals surface area contributed by atoms with Crippen molar-refractivity contribution < 1.29 is 9.59 Å². The van der Waals surface area contributed by atoms with Gasteiger partial charge in [-0.25, -0.2) is 4.98 Å². The van der Waals surface area contributed by atoms with Crippen molar-refractivity contribution in [3.63, 3.8) is 0 Å². The van der Waals surface area contributed by atoms with Gasteiger partial charge >= 0.3 is 0 Å². The molecule has 32 heavy (non-hydrogen) atoms. The monoisotopic (exact) mass is 446 g/mol. The number of pyridine rings is 1. The molecule has 1 N–H and O–H groups in total. The molecular formula is C25H23ClN4O2. The average Bonchev–Trinajstić information content (AvgIpc) is 2.84. The van der Waals surface area contributed by atoms with Gasteiger partial charge in [-0.2, -0.15) is 0 Å². The zero-order chi connectivity index (χ0) is 22.3. The first-order chi connectivity index (χ1) is 15.6. The fourth-order valence-corrected chi connectivity index (χ4v) is 3.76. The van der Waals surface area contributed by atoms with Crippen LogP contribution in [0.5, 0.6) is 0 Å². The summed E-state index contributed by atoms with van der Waals surface area (Å²) in [6, 6.07) is 22.6. The number of hydrogen-bond acceptors (Lipinski definition) is 4. The van der Waals surface area contributed by atoms with Crippen LogP contribution in [0.25, 0.3) is 6.08 Å². The molecule has 2 heterocycles. The van der Waals surface area contributed by atoms with Crippen molar-refractivity contribution in [2.75, 3.05) is 36.4 Å². The van der Waals surface area contributed by atoms with Gasteiger partial charge < -0.3 is 15.1 Å². The first-order valence-corrected chi connectivity index (χ1v) is 10.8. The Morgan fingerprint density at radius 2 is 1.53 bits per heavy atom. The van der Waals surface area contributed by atoms with Gasteiger partial charge in [-0.3, -0.25) is 9.59 Å². The maximum Gasteiger partial charge on any atom is 0.261 e. The average molecular weight is 447 g/mol. The molecule has 0 unspecified atom stereocenters. The zero-order valence-corrected chi connectivity index (χ0v) is 18.2. The lowest BCUT2D eigenvalue weighted by Crippen LogP contribution is -2.50. The van der Waals surface area contributed by atoms with Crippen molar-refractivity contribution in [1.82, 2.24) is 9.88 Å². The summed E-state index contributed by atoms with van der Waals surface area (Å²) in [5.41, 5.74) is 2.28. The SMILES string of the molecule is O=C(Nc1ccccc1)/C(=C\c1cccnc1Cl)C(=O)N1CCN(c2ccccc2)CC1. The number of aromatic nitrogens is 1. The molecule has 0 aliphatic carbocycles. The van der Waals surface area contributed by atoms with Gasteiger partial charge in [-0.05, 0) is 36.4 Å². The lowest BCUT2D eigenvalue weighted by molar-refractivity contribution is -0.129. The second kappa shape index (κ2) is 10.1. The maximum absolute atomic E-state index is 13.4. The zero-order valence-electron chi connectivity index (χ0n) is 17.4. The smallest absolute Gasteiger partial charge is 0.261 e. The molecule has 0 saturated carbocycles. The first kappa shape index (κ1) is 21.6. The molecule has 162 valence electrons. The Kier molecular flexibility index (Phi) is 6.82. The Morgan fingerprint density at radius 3 is 2.19 bits per heavy atom. The molecule has 7 heteroatoms. The standard InChI is InChI=1S/C25H23ClN4O2/c26-23-19(8-7-13-27-23)18-22(24(31)28-20-9-3-1-4-10-20)25(32)30-16-14-29(15-17-30)21-11-5-2-6-12-21/h1-13,18H,14-17H2,(H,28,31)/b22-18+. The van der Waals surface area contributed by atoms with Gasteiger partial charge in [0.15, 0.2) is 0 Å². The molecule has 0 radical (unpaired) electrons. The van der Waals surface area contributed by atoms with Gasteiger partial charge in [0, 0.05) is 49.3 Å². The molecule has 1 saturated heterocycles. The van der Waals surface area contributed by atoms with Crippen LogP contribution >= 0.6 is 11.6 Å². The van der Waals surface area contributed by atoms with E-state index in [0.29, 0.717) is 37.4 Å². The fraction of sp³-hybridized carbons (Fsp3) is 0.160. The van der Waals surface area contributed by atoms with Crippen LogP contribution < -0.4 is 10.2 Å². The number of benzene rings is 2. The Bertz CT molecular complexity index is 1110. The van der Waals surface area contributed by atoms with Gasteiger partial charge in [0.2, 0.25) is 0 Å². The number of hydrogen-bond donors (Lipinski definition) is 1. The van der Waals surface area contributed by atoms with E-state index in [0.717, 1.165) is 5.69 Å². The van der Waals surface area contributed by atoms with E-state index in [-0.39, 0.29) is 16.6 Å². The number of para-hydroxylation sites is 2. The number of amides is 2. The molecule has 1 fully saturated rings. The second-order valence-electron chi connectivity index (χ2n) is 7.38. The summed E-state index contributed by atoms with van der Waals surface area (Å²) >= 11 is 6.19. The highest BCUT2D eigenvalue weighted by Gasteiger charge is 2.27. The lowest BCUT2D eigenvalue weighted by atomic mass is 10.1. The number of carbonyl (C=O) groups is 2. The molecule has 1 aliphatic heterocycles. The Morgan fingerprint density at radius 1 is 0.875 bits per heavy atom. The molecular weight excluding hydrogens is 424 g/mol. The van der Waals surface area contributed by atoms with Crippen LogP contribution in [0, 0.1) is 0 Å². The summed E-state index contributed by atoms with van der Waals surface area (Å²) in [4.78, 5) is 34.5. The number of nitrogens with zero attached hydrogens (tertiary/aromatic N) is 3.